The molecule has 3 rings (SSSR count). The van der Waals surface area contributed by atoms with E-state index in [1.807, 2.05) is 0 Å². The van der Waals surface area contributed by atoms with Crippen LogP contribution < -0.4 is 0 Å². The van der Waals surface area contributed by atoms with E-state index in [1.54, 1.807) is 0 Å². The summed E-state index contributed by atoms with van der Waals surface area (Å²) in [6, 6.07) is 11.0. The maximum absolute atomic E-state index is 4.97. The molecule has 1 heterocycles. The molecule has 0 N–H and O–H groups in total. The summed E-state index contributed by atoms with van der Waals surface area (Å²) in [6.45, 7) is 6.91. The lowest BCUT2D eigenvalue weighted by molar-refractivity contribution is 0.436. The van der Waals surface area contributed by atoms with Gasteiger partial charge in [-0.3, -0.25) is 4.98 Å². The van der Waals surface area contributed by atoms with Gasteiger partial charge in [0.25, 0.3) is 0 Å². The largest absolute Gasteiger partial charge is 0.253 e. The van der Waals surface area contributed by atoms with E-state index in [4.69, 9.17) is 4.98 Å². The van der Waals surface area contributed by atoms with E-state index in [9.17, 15) is 0 Å². The minimum Gasteiger partial charge on any atom is -0.253 e. The topological polar surface area (TPSA) is 12.9 Å². The fourth-order valence-corrected chi connectivity index (χ4v) is 3.42. The summed E-state index contributed by atoms with van der Waals surface area (Å²) >= 11 is 0. The average Bonchev–Trinajstić information content (AvgIpc) is 2.46. The minimum absolute atomic E-state index is 0.173. The van der Waals surface area contributed by atoms with Gasteiger partial charge in [-0.05, 0) is 36.0 Å². The van der Waals surface area contributed by atoms with Crippen LogP contribution in [-0.2, 0) is 5.41 Å². The molecule has 0 amide bonds. The van der Waals surface area contributed by atoms with Gasteiger partial charge in [0.2, 0.25) is 0 Å². The van der Waals surface area contributed by atoms with Crippen LogP contribution in [0.15, 0.2) is 30.3 Å². The third-order valence-corrected chi connectivity index (χ3v) is 4.57. The Morgan fingerprint density at radius 2 is 1.70 bits per heavy atom. The van der Waals surface area contributed by atoms with Gasteiger partial charge in [-0.25, -0.2) is 0 Å². The number of rotatable bonds is 1. The van der Waals surface area contributed by atoms with E-state index >= 15 is 0 Å². The highest BCUT2D eigenvalue weighted by Crippen LogP contribution is 2.36. The third kappa shape index (κ3) is 2.59. The van der Waals surface area contributed by atoms with Crippen LogP contribution in [0.25, 0.3) is 10.9 Å². The zero-order valence-corrected chi connectivity index (χ0v) is 12.9. The molecular formula is C19H25N. The Bertz CT molecular complexity index is 601. The number of aromatic nitrogens is 1. The van der Waals surface area contributed by atoms with E-state index < -0.39 is 0 Å². The lowest BCUT2D eigenvalue weighted by atomic mass is 9.81. The van der Waals surface area contributed by atoms with E-state index in [-0.39, 0.29) is 5.41 Å². The van der Waals surface area contributed by atoms with Crippen molar-refractivity contribution in [2.24, 2.45) is 0 Å². The Morgan fingerprint density at radius 1 is 1.00 bits per heavy atom. The fourth-order valence-electron chi connectivity index (χ4n) is 3.42. The molecule has 1 aliphatic rings. The Hall–Kier alpha value is -1.37. The molecule has 0 atom stereocenters. The summed E-state index contributed by atoms with van der Waals surface area (Å²) in [5.74, 6) is 0.675. The van der Waals surface area contributed by atoms with Crippen molar-refractivity contribution < 1.29 is 0 Å². The van der Waals surface area contributed by atoms with Crippen LogP contribution in [0.4, 0.5) is 0 Å². The number of nitrogens with zero attached hydrogens (tertiary/aromatic N) is 1. The monoisotopic (exact) mass is 267 g/mol. The average molecular weight is 267 g/mol. The van der Waals surface area contributed by atoms with Crippen molar-refractivity contribution in [2.45, 2.75) is 64.2 Å². The summed E-state index contributed by atoms with van der Waals surface area (Å²) in [5.41, 5.74) is 4.11. The highest BCUT2D eigenvalue weighted by molar-refractivity contribution is 5.83. The molecule has 1 fully saturated rings. The van der Waals surface area contributed by atoms with E-state index in [0.29, 0.717) is 5.92 Å². The molecule has 0 spiro atoms. The normalized spacial score (nSPS) is 17.6. The number of benzene rings is 1. The van der Waals surface area contributed by atoms with Gasteiger partial charge < -0.3 is 0 Å². The maximum Gasteiger partial charge on any atom is 0.0708 e. The van der Waals surface area contributed by atoms with E-state index in [2.05, 4.69) is 51.1 Å². The minimum atomic E-state index is 0.173. The van der Waals surface area contributed by atoms with Crippen molar-refractivity contribution in [3.63, 3.8) is 0 Å². The molecule has 20 heavy (non-hydrogen) atoms. The zero-order valence-electron chi connectivity index (χ0n) is 12.9. The maximum atomic E-state index is 4.97. The van der Waals surface area contributed by atoms with Crippen LogP contribution in [0.3, 0.4) is 0 Å². The lowest BCUT2D eigenvalue weighted by Gasteiger charge is -2.26. The molecule has 0 bridgehead atoms. The van der Waals surface area contributed by atoms with E-state index in [1.165, 1.54) is 54.3 Å². The Labute approximate surface area is 122 Å². The predicted octanol–water partition coefficient (Wildman–Crippen LogP) is 5.58. The molecular weight excluding hydrogens is 242 g/mol. The first kappa shape index (κ1) is 13.6. The summed E-state index contributed by atoms with van der Waals surface area (Å²) in [6.07, 6.45) is 6.76. The van der Waals surface area contributed by atoms with Gasteiger partial charge in [-0.2, -0.15) is 0 Å². The second kappa shape index (κ2) is 5.20. The van der Waals surface area contributed by atoms with Crippen LogP contribution in [-0.4, -0.2) is 4.98 Å². The number of fused-ring (bicyclic) bond motifs is 1. The molecule has 1 nitrogen and oxygen atoms in total. The lowest BCUT2D eigenvalue weighted by Crippen LogP contribution is -2.15. The van der Waals surface area contributed by atoms with E-state index in [0.717, 1.165) is 0 Å². The predicted molar refractivity (Wildman–Crippen MR) is 86.3 cm³/mol. The second-order valence-corrected chi connectivity index (χ2v) is 7.20. The molecule has 2 aromatic rings. The van der Waals surface area contributed by atoms with Gasteiger partial charge in [0, 0.05) is 17.0 Å². The number of para-hydroxylation sites is 1. The summed E-state index contributed by atoms with van der Waals surface area (Å²) < 4.78 is 0. The molecule has 106 valence electrons. The first-order valence-corrected chi connectivity index (χ1v) is 7.96. The first-order chi connectivity index (χ1) is 9.55. The molecule has 1 saturated carbocycles. The SMILES string of the molecule is CC(C)(C)c1cc(C2CCCCC2)nc2ccccc12. The highest BCUT2D eigenvalue weighted by atomic mass is 14.7. The molecule has 0 saturated heterocycles. The number of hydrogen-bond acceptors (Lipinski definition) is 1. The van der Waals surface area contributed by atoms with Crippen molar-refractivity contribution in [1.82, 2.24) is 4.98 Å². The second-order valence-electron chi connectivity index (χ2n) is 7.20. The molecule has 1 aliphatic carbocycles. The van der Waals surface area contributed by atoms with Gasteiger partial charge in [0.1, 0.15) is 0 Å². The summed E-state index contributed by atoms with van der Waals surface area (Å²) in [5, 5.41) is 1.32. The summed E-state index contributed by atoms with van der Waals surface area (Å²) in [4.78, 5) is 4.97. The van der Waals surface area contributed by atoms with Crippen LogP contribution in [0.1, 0.15) is 70.1 Å². The zero-order chi connectivity index (χ0) is 14.2. The van der Waals surface area contributed by atoms with Crippen molar-refractivity contribution in [3.8, 4) is 0 Å². The van der Waals surface area contributed by atoms with Crippen molar-refractivity contribution >= 4 is 10.9 Å². The summed E-state index contributed by atoms with van der Waals surface area (Å²) in [7, 11) is 0. The standard InChI is InChI=1S/C19H25N/c1-19(2,3)16-13-18(14-9-5-4-6-10-14)20-17-12-8-7-11-15(16)17/h7-8,11-14H,4-6,9-10H2,1-3H3. The van der Waals surface area contributed by atoms with Gasteiger partial charge in [0.05, 0.1) is 5.52 Å². The molecule has 0 unspecified atom stereocenters. The molecule has 1 heteroatoms. The number of pyridine rings is 1. The van der Waals surface area contributed by atoms with Crippen LogP contribution in [0, 0.1) is 0 Å². The Balaban J connectivity index is 2.14. The molecule has 0 radical (unpaired) electrons. The van der Waals surface area contributed by atoms with Gasteiger partial charge in [-0.15, -0.1) is 0 Å². The van der Waals surface area contributed by atoms with Gasteiger partial charge >= 0.3 is 0 Å². The third-order valence-electron chi connectivity index (χ3n) is 4.57. The fraction of sp³-hybridized carbons (Fsp3) is 0.526. The van der Waals surface area contributed by atoms with Gasteiger partial charge in [-0.1, -0.05) is 58.2 Å². The van der Waals surface area contributed by atoms with Crippen molar-refractivity contribution in [3.05, 3.63) is 41.6 Å². The molecule has 0 aliphatic heterocycles. The van der Waals surface area contributed by atoms with Crippen molar-refractivity contribution in [2.75, 3.05) is 0 Å². The van der Waals surface area contributed by atoms with Crippen LogP contribution in [0.5, 0.6) is 0 Å². The Morgan fingerprint density at radius 3 is 2.40 bits per heavy atom. The van der Waals surface area contributed by atoms with Gasteiger partial charge in [0.15, 0.2) is 0 Å². The van der Waals surface area contributed by atoms with Crippen molar-refractivity contribution in [1.29, 1.82) is 0 Å². The smallest absolute Gasteiger partial charge is 0.0708 e. The molecule has 1 aromatic carbocycles. The van der Waals surface area contributed by atoms with Crippen LogP contribution in [0.2, 0.25) is 0 Å². The first-order valence-electron chi connectivity index (χ1n) is 7.96. The highest BCUT2D eigenvalue weighted by Gasteiger charge is 2.22. The number of hydrogen-bond donors (Lipinski definition) is 0. The Kier molecular flexibility index (Phi) is 3.54. The molecule has 1 aromatic heterocycles. The van der Waals surface area contributed by atoms with Crippen LogP contribution >= 0.6 is 0 Å². The quantitative estimate of drug-likeness (QED) is 0.657.